The smallest absolute Gasteiger partial charge is 0.225 e. The van der Waals surface area contributed by atoms with Crippen LogP contribution in [0.4, 0.5) is 5.95 Å². The summed E-state index contributed by atoms with van der Waals surface area (Å²) in [5.74, 6) is 2.67. The first kappa shape index (κ1) is 23.2. The lowest BCUT2D eigenvalue weighted by Crippen LogP contribution is -2.53. The van der Waals surface area contributed by atoms with Crippen molar-refractivity contribution in [2.75, 3.05) is 44.7 Å². The Morgan fingerprint density at radius 1 is 1.10 bits per heavy atom. The van der Waals surface area contributed by atoms with Crippen molar-refractivity contribution in [2.45, 2.75) is 26.4 Å². The Morgan fingerprint density at radius 3 is 2.34 bits per heavy atom. The van der Waals surface area contributed by atoms with Gasteiger partial charge in [-0.25, -0.2) is 9.97 Å². The molecule has 0 bridgehead atoms. The van der Waals surface area contributed by atoms with E-state index in [1.165, 1.54) is 5.56 Å². The highest BCUT2D eigenvalue weighted by molar-refractivity contribution is 14.0. The third kappa shape index (κ3) is 7.02. The number of aromatic nitrogens is 2. The molecule has 0 spiro atoms. The van der Waals surface area contributed by atoms with Crippen LogP contribution in [0.3, 0.4) is 0 Å². The molecule has 0 unspecified atom stereocenters. The van der Waals surface area contributed by atoms with Crippen molar-refractivity contribution in [2.24, 2.45) is 4.99 Å². The monoisotopic (exact) mass is 510 g/mol. The van der Waals surface area contributed by atoms with Gasteiger partial charge in [0, 0.05) is 52.2 Å². The number of guanidine groups is 1. The maximum atomic E-state index is 5.69. The molecule has 1 fully saturated rings. The molecule has 29 heavy (non-hydrogen) atoms. The average molecular weight is 510 g/mol. The predicted octanol–water partition coefficient (Wildman–Crippen LogP) is 2.82. The van der Waals surface area contributed by atoms with E-state index in [1.807, 2.05) is 39.1 Å². The largest absolute Gasteiger partial charge is 0.491 e. The first-order chi connectivity index (χ1) is 13.7. The first-order valence-corrected chi connectivity index (χ1v) is 9.89. The van der Waals surface area contributed by atoms with Crippen LogP contribution in [-0.2, 0) is 6.42 Å². The summed E-state index contributed by atoms with van der Waals surface area (Å²) in [6.45, 7) is 8.51. The highest BCUT2D eigenvalue weighted by atomic mass is 127. The summed E-state index contributed by atoms with van der Waals surface area (Å²) in [5.41, 5.74) is 1.28. The zero-order valence-electron chi connectivity index (χ0n) is 17.4. The van der Waals surface area contributed by atoms with E-state index in [-0.39, 0.29) is 30.1 Å². The number of hydrogen-bond acceptors (Lipinski definition) is 5. The lowest BCUT2D eigenvalue weighted by Gasteiger charge is -2.36. The van der Waals surface area contributed by atoms with E-state index in [0.29, 0.717) is 0 Å². The Bertz CT molecular complexity index is 746. The van der Waals surface area contributed by atoms with E-state index in [9.17, 15) is 0 Å². The van der Waals surface area contributed by atoms with Gasteiger partial charge in [0.05, 0.1) is 6.10 Å². The van der Waals surface area contributed by atoms with Crippen LogP contribution in [0.5, 0.6) is 5.75 Å². The number of hydrogen-bond donors (Lipinski definition) is 1. The molecule has 3 rings (SSSR count). The predicted molar refractivity (Wildman–Crippen MR) is 129 cm³/mol. The second-order valence-electron chi connectivity index (χ2n) is 7.06. The van der Waals surface area contributed by atoms with Crippen LogP contribution in [0, 0.1) is 0 Å². The lowest BCUT2D eigenvalue weighted by atomic mass is 10.1. The number of piperazine rings is 1. The van der Waals surface area contributed by atoms with E-state index >= 15 is 0 Å². The number of rotatable bonds is 6. The number of aliphatic imine (C=N–C) groups is 1. The van der Waals surface area contributed by atoms with Crippen molar-refractivity contribution in [3.8, 4) is 5.75 Å². The Morgan fingerprint density at radius 2 is 1.76 bits per heavy atom. The summed E-state index contributed by atoms with van der Waals surface area (Å²) in [4.78, 5) is 17.6. The molecule has 158 valence electrons. The molecule has 0 radical (unpaired) electrons. The maximum Gasteiger partial charge on any atom is 0.225 e. The van der Waals surface area contributed by atoms with E-state index in [0.717, 1.165) is 56.8 Å². The Labute approximate surface area is 190 Å². The second-order valence-corrected chi connectivity index (χ2v) is 7.06. The second kappa shape index (κ2) is 11.8. The summed E-state index contributed by atoms with van der Waals surface area (Å²) in [6.07, 6.45) is 4.72. The summed E-state index contributed by atoms with van der Waals surface area (Å²) < 4.78 is 5.69. The van der Waals surface area contributed by atoms with Crippen LogP contribution in [-0.4, -0.2) is 66.7 Å². The molecular formula is C21H31IN6O. The molecule has 0 atom stereocenters. The molecule has 0 aliphatic carbocycles. The van der Waals surface area contributed by atoms with E-state index < -0.39 is 0 Å². The van der Waals surface area contributed by atoms with Crippen molar-refractivity contribution >= 4 is 35.9 Å². The van der Waals surface area contributed by atoms with Crippen LogP contribution >= 0.6 is 24.0 Å². The van der Waals surface area contributed by atoms with Gasteiger partial charge in [-0.05, 0) is 44.0 Å². The van der Waals surface area contributed by atoms with Crippen molar-refractivity contribution < 1.29 is 4.74 Å². The van der Waals surface area contributed by atoms with Gasteiger partial charge >= 0.3 is 0 Å². The first-order valence-electron chi connectivity index (χ1n) is 9.89. The molecular weight excluding hydrogens is 479 g/mol. The third-order valence-corrected chi connectivity index (χ3v) is 4.62. The normalized spacial score (nSPS) is 14.6. The summed E-state index contributed by atoms with van der Waals surface area (Å²) in [5, 5.41) is 3.48. The summed E-state index contributed by atoms with van der Waals surface area (Å²) in [7, 11) is 1.84. The summed E-state index contributed by atoms with van der Waals surface area (Å²) >= 11 is 0. The van der Waals surface area contributed by atoms with Crippen molar-refractivity contribution in [1.82, 2.24) is 20.2 Å². The molecule has 1 aromatic carbocycles. The highest BCUT2D eigenvalue weighted by Gasteiger charge is 2.20. The molecule has 2 aromatic rings. The van der Waals surface area contributed by atoms with Crippen LogP contribution in [0.15, 0.2) is 47.7 Å². The minimum Gasteiger partial charge on any atom is -0.491 e. The van der Waals surface area contributed by atoms with E-state index in [1.54, 1.807) is 12.4 Å². The van der Waals surface area contributed by atoms with Crippen LogP contribution in [0.25, 0.3) is 0 Å². The number of benzene rings is 1. The zero-order chi connectivity index (χ0) is 19.8. The van der Waals surface area contributed by atoms with Crippen LogP contribution in [0.1, 0.15) is 19.4 Å². The van der Waals surface area contributed by atoms with Gasteiger partial charge in [-0.15, -0.1) is 24.0 Å². The van der Waals surface area contributed by atoms with Crippen LogP contribution in [0.2, 0.25) is 0 Å². The number of nitrogens with zero attached hydrogens (tertiary/aromatic N) is 5. The lowest BCUT2D eigenvalue weighted by molar-refractivity contribution is 0.242. The molecule has 1 saturated heterocycles. The zero-order valence-corrected chi connectivity index (χ0v) is 19.7. The fourth-order valence-electron chi connectivity index (χ4n) is 3.23. The van der Waals surface area contributed by atoms with E-state index in [4.69, 9.17) is 4.74 Å². The van der Waals surface area contributed by atoms with Gasteiger partial charge in [0.25, 0.3) is 0 Å². The van der Waals surface area contributed by atoms with Gasteiger partial charge in [-0.2, -0.15) is 0 Å². The average Bonchev–Trinajstić information content (AvgIpc) is 2.73. The summed E-state index contributed by atoms with van der Waals surface area (Å²) in [6, 6.07) is 10.2. The molecule has 0 amide bonds. The van der Waals surface area contributed by atoms with Crippen molar-refractivity contribution in [1.29, 1.82) is 0 Å². The third-order valence-electron chi connectivity index (χ3n) is 4.62. The standard InChI is InChI=1S/C21H30N6O.HI/c1-17(2)28-19-7-5-18(6-8-19)9-12-25-20(22-3)26-13-15-27(16-14-26)21-23-10-4-11-24-21;/h4-8,10-11,17H,9,12-16H2,1-3H3,(H,22,25);1H. The van der Waals surface area contributed by atoms with Gasteiger partial charge in [0.2, 0.25) is 5.95 Å². The minimum atomic E-state index is 0. The SMILES string of the molecule is CN=C(NCCc1ccc(OC(C)C)cc1)N1CCN(c2ncccn2)CC1.I. The molecule has 1 aliphatic heterocycles. The topological polar surface area (TPSA) is 65.9 Å². The van der Waals surface area contributed by atoms with Gasteiger partial charge in [0.15, 0.2) is 5.96 Å². The van der Waals surface area contributed by atoms with Crippen molar-refractivity contribution in [3.63, 3.8) is 0 Å². The Kier molecular flexibility index (Phi) is 9.43. The van der Waals surface area contributed by atoms with Gasteiger partial charge in [0.1, 0.15) is 5.75 Å². The fourth-order valence-corrected chi connectivity index (χ4v) is 3.23. The van der Waals surface area contributed by atoms with Gasteiger partial charge in [-0.3, -0.25) is 4.99 Å². The quantitative estimate of drug-likeness (QED) is 0.367. The molecule has 1 N–H and O–H groups in total. The molecule has 1 aliphatic rings. The highest BCUT2D eigenvalue weighted by Crippen LogP contribution is 2.14. The number of halogens is 1. The molecule has 2 heterocycles. The number of ether oxygens (including phenoxy) is 1. The molecule has 1 aromatic heterocycles. The minimum absolute atomic E-state index is 0. The molecule has 0 saturated carbocycles. The fraction of sp³-hybridized carbons (Fsp3) is 0.476. The van der Waals surface area contributed by atoms with E-state index in [2.05, 4.69) is 42.2 Å². The molecule has 7 nitrogen and oxygen atoms in total. The molecule has 8 heteroatoms. The van der Waals surface area contributed by atoms with Crippen LogP contribution < -0.4 is 15.0 Å². The van der Waals surface area contributed by atoms with Crippen molar-refractivity contribution in [3.05, 3.63) is 48.3 Å². The number of nitrogens with one attached hydrogen (secondary N) is 1. The van der Waals surface area contributed by atoms with Gasteiger partial charge in [-0.1, -0.05) is 12.1 Å². The maximum absolute atomic E-state index is 5.69. The Balaban J connectivity index is 0.00000300. The van der Waals surface area contributed by atoms with Gasteiger partial charge < -0.3 is 19.9 Å². The Hall–Kier alpha value is -2.10. The number of anilines is 1.